The lowest BCUT2D eigenvalue weighted by molar-refractivity contribution is -0.441. The number of ether oxygens (including phenoxy) is 1. The third-order valence-electron chi connectivity index (χ3n) is 5.63. The van der Waals surface area contributed by atoms with Crippen molar-refractivity contribution in [2.45, 2.75) is 61.7 Å². The third-order valence-corrected chi connectivity index (χ3v) is 5.63. The highest BCUT2D eigenvalue weighted by Crippen LogP contribution is 2.62. The lowest BCUT2D eigenvalue weighted by Gasteiger charge is -2.42. The van der Waals surface area contributed by atoms with E-state index in [1.54, 1.807) is 13.8 Å². The molecule has 39 heavy (non-hydrogen) atoms. The first-order valence-electron chi connectivity index (χ1n) is 10.9. The summed E-state index contributed by atoms with van der Waals surface area (Å²) in [5.74, 6) is -38.5. The van der Waals surface area contributed by atoms with Crippen LogP contribution in [0, 0.1) is 5.92 Å². The van der Waals surface area contributed by atoms with E-state index in [1.807, 2.05) is 0 Å². The molecule has 2 aromatic carbocycles. The number of rotatable bonds is 11. The van der Waals surface area contributed by atoms with E-state index < -0.39 is 64.7 Å². The van der Waals surface area contributed by atoms with Gasteiger partial charge in [0.05, 0.1) is 13.0 Å². The molecule has 0 spiro atoms. The first-order chi connectivity index (χ1) is 17.5. The largest absolute Gasteiger partial charge is 0.493 e. The second-order valence-electron chi connectivity index (χ2n) is 9.10. The van der Waals surface area contributed by atoms with E-state index in [-0.39, 0.29) is 12.5 Å². The Morgan fingerprint density at radius 3 is 1.59 bits per heavy atom. The van der Waals surface area contributed by atoms with Gasteiger partial charge in [0.2, 0.25) is 0 Å². The summed E-state index contributed by atoms with van der Waals surface area (Å²) < 4.78 is 183. The van der Waals surface area contributed by atoms with Crippen molar-refractivity contribution in [1.82, 2.24) is 0 Å². The van der Waals surface area contributed by atoms with Crippen molar-refractivity contribution < 1.29 is 66.9 Å². The van der Waals surface area contributed by atoms with Gasteiger partial charge in [-0.1, -0.05) is 62.4 Å². The third kappa shape index (κ3) is 5.50. The zero-order valence-electron chi connectivity index (χ0n) is 20.0. The zero-order chi connectivity index (χ0) is 30.3. The van der Waals surface area contributed by atoms with E-state index in [0.717, 1.165) is 42.5 Å². The molecule has 0 aliphatic heterocycles. The number of alkyl halides is 13. The van der Waals surface area contributed by atoms with E-state index in [4.69, 9.17) is 4.74 Å². The summed E-state index contributed by atoms with van der Waals surface area (Å²) in [7, 11) is 0. The molecule has 1 unspecified atom stereocenters. The molecule has 2 nitrogen and oxygen atoms in total. The van der Waals surface area contributed by atoms with Gasteiger partial charge in [-0.2, -0.15) is 57.1 Å². The van der Waals surface area contributed by atoms with Crippen molar-refractivity contribution in [2.24, 2.45) is 5.92 Å². The predicted octanol–water partition coefficient (Wildman–Crippen LogP) is 8.09. The van der Waals surface area contributed by atoms with Crippen molar-refractivity contribution in [1.29, 1.82) is 0 Å². The standard InChI is InChI=1S/C24H21F13O2/c1-14(2)12-39-17-11-7-6-10-16(17)18(38,15-8-4-3-5-9-15)13-19(25,26)20(27,28)21(29,30)22(31,32)23(33,34)24(35,36)37/h3-11,14,38H,12-13H2,1-2H3. The quantitative estimate of drug-likeness (QED) is 0.269. The molecule has 1 atom stereocenters. The van der Waals surface area contributed by atoms with Crippen LogP contribution >= 0.6 is 0 Å². The van der Waals surface area contributed by atoms with Crippen molar-refractivity contribution in [3.63, 3.8) is 0 Å². The maximum Gasteiger partial charge on any atom is 0.460 e. The van der Waals surface area contributed by atoms with Gasteiger partial charge in [0.15, 0.2) is 0 Å². The molecule has 0 heterocycles. The molecule has 0 aliphatic rings. The zero-order valence-corrected chi connectivity index (χ0v) is 20.0. The monoisotopic (exact) mass is 588 g/mol. The average molecular weight is 588 g/mol. The fraction of sp³-hybridized carbons (Fsp3) is 0.500. The van der Waals surface area contributed by atoms with Gasteiger partial charge in [0, 0.05) is 5.56 Å². The van der Waals surface area contributed by atoms with Crippen LogP contribution in [0.2, 0.25) is 0 Å². The summed E-state index contributed by atoms with van der Waals surface area (Å²) in [6.07, 6.45) is -10.4. The van der Waals surface area contributed by atoms with Crippen LogP contribution < -0.4 is 4.74 Å². The lowest BCUT2D eigenvalue weighted by atomic mass is 9.78. The summed E-state index contributed by atoms with van der Waals surface area (Å²) in [6, 6.07) is 9.50. The molecule has 0 saturated carbocycles. The Hall–Kier alpha value is -2.71. The fourth-order valence-corrected chi connectivity index (χ4v) is 3.49. The van der Waals surface area contributed by atoms with E-state index in [1.165, 1.54) is 12.1 Å². The Bertz CT molecular complexity index is 1110. The Morgan fingerprint density at radius 2 is 1.10 bits per heavy atom. The van der Waals surface area contributed by atoms with Crippen LogP contribution in [0.15, 0.2) is 54.6 Å². The van der Waals surface area contributed by atoms with E-state index in [2.05, 4.69) is 0 Å². The molecule has 220 valence electrons. The highest BCUT2D eigenvalue weighted by atomic mass is 19.4. The molecule has 2 rings (SSSR count). The smallest absolute Gasteiger partial charge is 0.460 e. The van der Waals surface area contributed by atoms with Crippen molar-refractivity contribution in [2.75, 3.05) is 6.61 Å². The molecule has 1 N–H and O–H groups in total. The topological polar surface area (TPSA) is 29.5 Å². The fourth-order valence-electron chi connectivity index (χ4n) is 3.49. The van der Waals surface area contributed by atoms with E-state index in [9.17, 15) is 62.2 Å². The highest BCUT2D eigenvalue weighted by molar-refractivity contribution is 5.45. The first kappa shape index (κ1) is 32.5. The van der Waals surface area contributed by atoms with Crippen LogP contribution in [-0.2, 0) is 5.60 Å². The molecule has 0 radical (unpaired) electrons. The molecular formula is C24H21F13O2. The van der Waals surface area contributed by atoms with Crippen molar-refractivity contribution in [3.05, 3.63) is 65.7 Å². The van der Waals surface area contributed by atoms with Crippen molar-refractivity contribution in [3.8, 4) is 5.75 Å². The normalized spacial score (nSPS) is 15.8. The second-order valence-corrected chi connectivity index (χ2v) is 9.10. The Labute approximate surface area is 213 Å². The summed E-state index contributed by atoms with van der Waals surface area (Å²) in [4.78, 5) is 0. The number of aliphatic hydroxyl groups is 1. The summed E-state index contributed by atoms with van der Waals surface area (Å²) in [6.45, 7) is 3.14. The minimum Gasteiger partial charge on any atom is -0.493 e. The van der Waals surface area contributed by atoms with Gasteiger partial charge in [0.25, 0.3) is 0 Å². The number of para-hydroxylation sites is 1. The molecule has 0 amide bonds. The maximum atomic E-state index is 14.9. The van der Waals surface area contributed by atoms with Gasteiger partial charge in [-0.15, -0.1) is 0 Å². The van der Waals surface area contributed by atoms with Gasteiger partial charge in [-0.25, -0.2) is 0 Å². The number of hydrogen-bond acceptors (Lipinski definition) is 2. The van der Waals surface area contributed by atoms with Crippen LogP contribution in [0.4, 0.5) is 57.1 Å². The van der Waals surface area contributed by atoms with Gasteiger partial charge in [-0.3, -0.25) is 0 Å². The first-order valence-corrected chi connectivity index (χ1v) is 10.9. The molecule has 0 bridgehead atoms. The van der Waals surface area contributed by atoms with Gasteiger partial charge in [0.1, 0.15) is 11.4 Å². The number of benzene rings is 2. The summed E-state index contributed by atoms with van der Waals surface area (Å²) in [5, 5.41) is 11.3. The maximum absolute atomic E-state index is 14.9. The minimum atomic E-state index is -8.03. The molecule has 0 fully saturated rings. The molecule has 2 aromatic rings. The van der Waals surface area contributed by atoms with Gasteiger partial charge >= 0.3 is 35.8 Å². The second kappa shape index (κ2) is 10.4. The SMILES string of the molecule is CC(C)COc1ccccc1C(O)(CC(F)(F)C(F)(F)C(F)(F)C(F)(F)C(F)(F)C(F)(F)F)c1ccccc1. The van der Waals surface area contributed by atoms with E-state index in [0.29, 0.717) is 0 Å². The number of halogens is 13. The van der Waals surface area contributed by atoms with Crippen LogP contribution in [0.1, 0.15) is 31.4 Å². The van der Waals surface area contributed by atoms with Gasteiger partial charge in [-0.05, 0) is 17.5 Å². The Balaban J connectivity index is 2.72. The van der Waals surface area contributed by atoms with Gasteiger partial charge < -0.3 is 9.84 Å². The van der Waals surface area contributed by atoms with Crippen LogP contribution in [0.25, 0.3) is 0 Å². The van der Waals surface area contributed by atoms with Crippen LogP contribution in [-0.4, -0.2) is 47.5 Å². The minimum absolute atomic E-state index is 0.134. The molecule has 0 aromatic heterocycles. The lowest BCUT2D eigenvalue weighted by Crippen LogP contribution is -2.70. The molecule has 15 heteroatoms. The highest BCUT2D eigenvalue weighted by Gasteiger charge is 2.90. The average Bonchev–Trinajstić information content (AvgIpc) is 2.82. The summed E-state index contributed by atoms with van der Waals surface area (Å²) in [5.41, 5.74) is -4.83. The molecular weight excluding hydrogens is 567 g/mol. The molecule has 0 saturated heterocycles. The Kier molecular flexibility index (Phi) is 8.63. The Morgan fingerprint density at radius 1 is 0.641 bits per heavy atom. The summed E-state index contributed by atoms with van der Waals surface area (Å²) >= 11 is 0. The van der Waals surface area contributed by atoms with E-state index >= 15 is 0 Å². The van der Waals surface area contributed by atoms with Crippen LogP contribution in [0.3, 0.4) is 0 Å². The van der Waals surface area contributed by atoms with Crippen LogP contribution in [0.5, 0.6) is 5.75 Å². The molecule has 0 aliphatic carbocycles. The predicted molar refractivity (Wildman–Crippen MR) is 112 cm³/mol. The van der Waals surface area contributed by atoms with Crippen molar-refractivity contribution >= 4 is 0 Å². The number of hydrogen-bond donors (Lipinski definition) is 1.